The van der Waals surface area contributed by atoms with Gasteiger partial charge in [0.05, 0.1) is 16.3 Å². The average molecular weight is 401 g/mol. The molecule has 0 aliphatic heterocycles. The SMILES string of the molecule is O=C(NCc1ccc(Cl)cc1)C(=O)N/N=C/c1cc(Cl)c(O)c(Cl)c1. The van der Waals surface area contributed by atoms with Gasteiger partial charge in [-0.2, -0.15) is 5.10 Å². The fraction of sp³-hybridized carbons (Fsp3) is 0.0625. The van der Waals surface area contributed by atoms with E-state index in [-0.39, 0.29) is 22.3 Å². The van der Waals surface area contributed by atoms with Crippen molar-refractivity contribution in [3.63, 3.8) is 0 Å². The first-order valence-electron chi connectivity index (χ1n) is 6.90. The number of hydrogen-bond donors (Lipinski definition) is 3. The van der Waals surface area contributed by atoms with Crippen LogP contribution in [-0.2, 0) is 16.1 Å². The highest BCUT2D eigenvalue weighted by Crippen LogP contribution is 2.32. The number of nitrogens with zero attached hydrogens (tertiary/aromatic N) is 1. The van der Waals surface area contributed by atoms with Crippen molar-refractivity contribution >= 4 is 52.8 Å². The Kier molecular flexibility index (Phi) is 6.64. The minimum atomic E-state index is -0.929. The van der Waals surface area contributed by atoms with Gasteiger partial charge in [0.2, 0.25) is 0 Å². The van der Waals surface area contributed by atoms with E-state index in [9.17, 15) is 14.7 Å². The fourth-order valence-electron chi connectivity index (χ4n) is 1.74. The van der Waals surface area contributed by atoms with Crippen LogP contribution in [0, 0.1) is 0 Å². The first-order chi connectivity index (χ1) is 11.9. The van der Waals surface area contributed by atoms with Crippen molar-refractivity contribution in [1.82, 2.24) is 10.7 Å². The predicted octanol–water partition coefficient (Wildman–Crippen LogP) is 3.12. The molecule has 0 saturated heterocycles. The Hall–Kier alpha value is -2.28. The number of carbonyl (C=O) groups is 2. The zero-order valence-corrected chi connectivity index (χ0v) is 14.9. The van der Waals surface area contributed by atoms with E-state index < -0.39 is 11.8 Å². The molecule has 0 aliphatic carbocycles. The van der Waals surface area contributed by atoms with E-state index >= 15 is 0 Å². The van der Waals surface area contributed by atoms with Crippen molar-refractivity contribution in [1.29, 1.82) is 0 Å². The molecular formula is C16H12Cl3N3O3. The van der Waals surface area contributed by atoms with Crippen LogP contribution in [0.4, 0.5) is 0 Å². The van der Waals surface area contributed by atoms with E-state index in [1.54, 1.807) is 24.3 Å². The van der Waals surface area contributed by atoms with Crippen molar-refractivity contribution in [3.8, 4) is 5.75 Å². The van der Waals surface area contributed by atoms with E-state index in [4.69, 9.17) is 34.8 Å². The summed E-state index contributed by atoms with van der Waals surface area (Å²) >= 11 is 17.3. The summed E-state index contributed by atoms with van der Waals surface area (Å²) in [5.74, 6) is -2.01. The second-order valence-corrected chi connectivity index (χ2v) is 6.09. The van der Waals surface area contributed by atoms with Crippen LogP contribution in [0.15, 0.2) is 41.5 Å². The van der Waals surface area contributed by atoms with Crippen LogP contribution in [0.25, 0.3) is 0 Å². The summed E-state index contributed by atoms with van der Waals surface area (Å²) in [5.41, 5.74) is 3.31. The first kappa shape index (κ1) is 19.1. The summed E-state index contributed by atoms with van der Waals surface area (Å²) in [6.45, 7) is 0.177. The number of carbonyl (C=O) groups excluding carboxylic acids is 2. The Balaban J connectivity index is 1.86. The lowest BCUT2D eigenvalue weighted by Gasteiger charge is -2.04. The van der Waals surface area contributed by atoms with Gasteiger partial charge in [-0.1, -0.05) is 46.9 Å². The number of hydrazone groups is 1. The van der Waals surface area contributed by atoms with E-state index in [2.05, 4.69) is 15.8 Å². The summed E-state index contributed by atoms with van der Waals surface area (Å²) in [6.07, 6.45) is 1.24. The van der Waals surface area contributed by atoms with Crippen LogP contribution in [0.2, 0.25) is 15.1 Å². The Labute approximate surface area is 158 Å². The third-order valence-electron chi connectivity index (χ3n) is 2.99. The second kappa shape index (κ2) is 8.71. The molecule has 9 heteroatoms. The van der Waals surface area contributed by atoms with Crippen molar-refractivity contribution in [2.24, 2.45) is 5.10 Å². The maximum atomic E-state index is 11.7. The molecule has 0 heterocycles. The lowest BCUT2D eigenvalue weighted by molar-refractivity contribution is -0.139. The van der Waals surface area contributed by atoms with Crippen LogP contribution in [0.3, 0.4) is 0 Å². The number of halogens is 3. The molecule has 6 nitrogen and oxygen atoms in total. The lowest BCUT2D eigenvalue weighted by atomic mass is 10.2. The first-order valence-corrected chi connectivity index (χ1v) is 8.04. The molecule has 0 radical (unpaired) electrons. The van der Waals surface area contributed by atoms with E-state index in [1.165, 1.54) is 18.3 Å². The largest absolute Gasteiger partial charge is 0.505 e. The molecular weight excluding hydrogens is 389 g/mol. The molecule has 0 fully saturated rings. The molecule has 130 valence electrons. The van der Waals surface area contributed by atoms with Crippen LogP contribution >= 0.6 is 34.8 Å². The summed E-state index contributed by atoms with van der Waals surface area (Å²) in [4.78, 5) is 23.3. The number of phenols is 1. The predicted molar refractivity (Wildman–Crippen MR) is 97.2 cm³/mol. The van der Waals surface area contributed by atoms with Crippen LogP contribution in [0.5, 0.6) is 5.75 Å². The number of phenolic OH excluding ortho intramolecular Hbond substituents is 1. The molecule has 25 heavy (non-hydrogen) atoms. The summed E-state index contributed by atoms with van der Waals surface area (Å²) < 4.78 is 0. The van der Waals surface area contributed by atoms with Gasteiger partial charge in [0.15, 0.2) is 5.75 Å². The van der Waals surface area contributed by atoms with Crippen molar-refractivity contribution < 1.29 is 14.7 Å². The zero-order valence-electron chi connectivity index (χ0n) is 12.6. The fourth-order valence-corrected chi connectivity index (χ4v) is 2.37. The Morgan fingerprint density at radius 2 is 1.64 bits per heavy atom. The molecule has 0 saturated carbocycles. The Morgan fingerprint density at radius 3 is 2.24 bits per heavy atom. The molecule has 2 rings (SSSR count). The van der Waals surface area contributed by atoms with Crippen molar-refractivity contribution in [2.45, 2.75) is 6.54 Å². The summed E-state index contributed by atoms with van der Waals surface area (Å²) in [7, 11) is 0. The number of nitrogens with one attached hydrogen (secondary N) is 2. The van der Waals surface area contributed by atoms with E-state index in [0.717, 1.165) is 5.56 Å². The summed E-state index contributed by atoms with van der Waals surface area (Å²) in [6, 6.07) is 9.63. The molecule has 2 aromatic rings. The van der Waals surface area contributed by atoms with Crippen LogP contribution in [0.1, 0.15) is 11.1 Å². The van der Waals surface area contributed by atoms with Gasteiger partial charge in [-0.25, -0.2) is 5.43 Å². The normalized spacial score (nSPS) is 10.7. The van der Waals surface area contributed by atoms with Crippen molar-refractivity contribution in [2.75, 3.05) is 0 Å². The van der Waals surface area contributed by atoms with E-state index in [0.29, 0.717) is 10.6 Å². The molecule has 3 N–H and O–H groups in total. The topological polar surface area (TPSA) is 90.8 Å². The molecule has 2 aromatic carbocycles. The number of amides is 2. The number of benzene rings is 2. The molecule has 0 aliphatic rings. The van der Waals surface area contributed by atoms with Crippen molar-refractivity contribution in [3.05, 3.63) is 62.6 Å². The minimum Gasteiger partial charge on any atom is -0.505 e. The minimum absolute atomic E-state index is 0.0426. The van der Waals surface area contributed by atoms with E-state index in [1.807, 2.05) is 0 Å². The maximum absolute atomic E-state index is 11.7. The number of hydrogen-bond acceptors (Lipinski definition) is 4. The Morgan fingerprint density at radius 1 is 1.04 bits per heavy atom. The van der Waals surface area contributed by atoms with Crippen LogP contribution < -0.4 is 10.7 Å². The lowest BCUT2D eigenvalue weighted by Crippen LogP contribution is -2.37. The van der Waals surface area contributed by atoms with Gasteiger partial charge in [0.1, 0.15) is 0 Å². The highest BCUT2D eigenvalue weighted by atomic mass is 35.5. The highest BCUT2D eigenvalue weighted by Gasteiger charge is 2.12. The molecule has 0 bridgehead atoms. The van der Waals surface area contributed by atoms with Gasteiger partial charge >= 0.3 is 11.8 Å². The third-order valence-corrected chi connectivity index (χ3v) is 3.82. The van der Waals surface area contributed by atoms with Crippen LogP contribution in [-0.4, -0.2) is 23.1 Å². The smallest absolute Gasteiger partial charge is 0.329 e. The van der Waals surface area contributed by atoms with Gasteiger partial charge < -0.3 is 10.4 Å². The van der Waals surface area contributed by atoms with Gasteiger partial charge in [0, 0.05) is 11.6 Å². The molecule has 0 unspecified atom stereocenters. The molecule has 0 atom stereocenters. The monoisotopic (exact) mass is 399 g/mol. The number of aromatic hydroxyl groups is 1. The third kappa shape index (κ3) is 5.63. The standard InChI is InChI=1S/C16H12Cl3N3O3/c17-11-3-1-9(2-4-11)7-20-15(24)16(25)22-21-8-10-5-12(18)14(23)13(19)6-10/h1-6,8,23H,7H2,(H,20,24)(H,22,25)/b21-8+. The molecule has 0 spiro atoms. The van der Waals surface area contributed by atoms with Gasteiger partial charge in [-0.15, -0.1) is 0 Å². The second-order valence-electron chi connectivity index (χ2n) is 4.84. The highest BCUT2D eigenvalue weighted by molar-refractivity contribution is 6.37. The zero-order chi connectivity index (χ0) is 18.4. The van der Waals surface area contributed by atoms with Gasteiger partial charge in [-0.05, 0) is 35.4 Å². The molecule has 2 amide bonds. The Bertz CT molecular complexity index is 800. The quantitative estimate of drug-likeness (QED) is 0.418. The molecule has 0 aromatic heterocycles. The number of rotatable bonds is 4. The van der Waals surface area contributed by atoms with Gasteiger partial charge in [0.25, 0.3) is 0 Å². The maximum Gasteiger partial charge on any atom is 0.329 e. The summed E-state index contributed by atoms with van der Waals surface area (Å²) in [5, 5.41) is 16.2. The van der Waals surface area contributed by atoms with Gasteiger partial charge in [-0.3, -0.25) is 9.59 Å². The average Bonchev–Trinajstić information content (AvgIpc) is 2.58.